The van der Waals surface area contributed by atoms with Crippen molar-refractivity contribution in [3.05, 3.63) is 46.2 Å². The highest BCUT2D eigenvalue weighted by molar-refractivity contribution is 5.67. The maximum absolute atomic E-state index is 11.8. The van der Waals surface area contributed by atoms with Gasteiger partial charge in [-0.25, -0.2) is 4.68 Å². The minimum atomic E-state index is -0.167. The molecule has 1 aromatic carbocycles. The highest BCUT2D eigenvalue weighted by Gasteiger charge is 2.10. The highest BCUT2D eigenvalue weighted by atomic mass is 16.5. The molecule has 0 unspecified atom stereocenters. The van der Waals surface area contributed by atoms with Crippen LogP contribution < -0.4 is 16.0 Å². The molecule has 0 aliphatic rings. The van der Waals surface area contributed by atoms with E-state index in [0.29, 0.717) is 17.9 Å². The summed E-state index contributed by atoms with van der Waals surface area (Å²) in [5.41, 5.74) is 7.51. The number of hydrogen-bond acceptors (Lipinski definition) is 4. The Bertz CT molecular complexity index is 635. The molecule has 0 saturated carbocycles. The van der Waals surface area contributed by atoms with E-state index < -0.39 is 0 Å². The number of ether oxygens (including phenoxy) is 1. The molecular weight excluding hydrogens is 242 g/mol. The topological polar surface area (TPSA) is 70.1 Å². The van der Waals surface area contributed by atoms with Gasteiger partial charge in [0.05, 0.1) is 12.3 Å². The van der Waals surface area contributed by atoms with E-state index >= 15 is 0 Å². The van der Waals surface area contributed by atoms with E-state index in [9.17, 15) is 4.79 Å². The van der Waals surface area contributed by atoms with Crippen LogP contribution in [0.25, 0.3) is 11.3 Å². The Kier molecular flexibility index (Phi) is 3.97. The number of nitrogens with zero attached hydrogens (tertiary/aromatic N) is 2. The van der Waals surface area contributed by atoms with E-state index in [-0.39, 0.29) is 12.1 Å². The van der Waals surface area contributed by atoms with E-state index in [1.165, 1.54) is 4.68 Å². The molecule has 0 spiro atoms. The molecular formula is C14H17N3O2. The molecule has 2 N–H and O–H groups in total. The molecule has 0 bridgehead atoms. The Balaban J connectivity index is 2.59. The molecule has 0 atom stereocenters. The Morgan fingerprint density at radius 2 is 2.11 bits per heavy atom. The summed E-state index contributed by atoms with van der Waals surface area (Å²) in [6, 6.07) is 9.33. The second kappa shape index (κ2) is 5.67. The first kappa shape index (κ1) is 13.3. The molecule has 2 rings (SSSR count). The number of aryl methyl sites for hydroxylation is 1. The highest BCUT2D eigenvalue weighted by Crippen LogP contribution is 2.28. The third-order valence-corrected chi connectivity index (χ3v) is 2.82. The second-order valence-electron chi connectivity index (χ2n) is 4.12. The smallest absolute Gasteiger partial charge is 0.271 e. The molecule has 2 aromatic rings. The van der Waals surface area contributed by atoms with Crippen LogP contribution >= 0.6 is 0 Å². The minimum Gasteiger partial charge on any atom is -0.493 e. The minimum absolute atomic E-state index is 0.167. The Labute approximate surface area is 111 Å². The van der Waals surface area contributed by atoms with Gasteiger partial charge in [0.2, 0.25) is 0 Å². The van der Waals surface area contributed by atoms with Gasteiger partial charge < -0.3 is 10.5 Å². The number of rotatable bonds is 4. The zero-order chi connectivity index (χ0) is 13.8. The second-order valence-corrected chi connectivity index (χ2v) is 4.12. The number of hydrogen-bond donors (Lipinski definition) is 1. The third-order valence-electron chi connectivity index (χ3n) is 2.82. The summed E-state index contributed by atoms with van der Waals surface area (Å²) in [5, 5.41) is 4.26. The lowest BCUT2D eigenvalue weighted by Gasteiger charge is -2.11. The van der Waals surface area contributed by atoms with Gasteiger partial charge in [-0.3, -0.25) is 4.79 Å². The molecule has 0 fully saturated rings. The van der Waals surface area contributed by atoms with Crippen LogP contribution in [0.3, 0.4) is 0 Å². The summed E-state index contributed by atoms with van der Waals surface area (Å²) >= 11 is 0. The first-order chi connectivity index (χ1) is 9.17. The molecule has 0 aliphatic carbocycles. The lowest BCUT2D eigenvalue weighted by Crippen LogP contribution is -2.25. The van der Waals surface area contributed by atoms with Crippen molar-refractivity contribution >= 4 is 0 Å². The van der Waals surface area contributed by atoms with E-state index in [2.05, 4.69) is 5.10 Å². The molecule has 0 saturated heterocycles. The van der Waals surface area contributed by atoms with E-state index in [0.717, 1.165) is 11.3 Å². The molecule has 19 heavy (non-hydrogen) atoms. The van der Waals surface area contributed by atoms with Crippen LogP contribution in [0.2, 0.25) is 0 Å². The van der Waals surface area contributed by atoms with Crippen molar-refractivity contribution in [2.45, 2.75) is 13.5 Å². The average molecular weight is 259 g/mol. The maximum Gasteiger partial charge on any atom is 0.271 e. The van der Waals surface area contributed by atoms with Gasteiger partial charge in [-0.1, -0.05) is 12.1 Å². The maximum atomic E-state index is 11.8. The van der Waals surface area contributed by atoms with Gasteiger partial charge >= 0.3 is 0 Å². The monoisotopic (exact) mass is 259 g/mol. The standard InChI is InChI=1S/C14H17N3O2/c1-3-19-13-7-5-4-6-11(13)12-8-10(9-15)14(18)17(2)16-12/h4-8H,3,9,15H2,1-2H3. The predicted molar refractivity (Wildman–Crippen MR) is 74.0 cm³/mol. The quantitative estimate of drug-likeness (QED) is 0.898. The largest absolute Gasteiger partial charge is 0.493 e. The van der Waals surface area contributed by atoms with Crippen LogP contribution in [-0.2, 0) is 13.6 Å². The molecule has 5 nitrogen and oxygen atoms in total. The van der Waals surface area contributed by atoms with Crippen molar-refractivity contribution in [2.24, 2.45) is 12.8 Å². The number of aromatic nitrogens is 2. The summed E-state index contributed by atoms with van der Waals surface area (Å²) < 4.78 is 6.88. The normalized spacial score (nSPS) is 10.5. The van der Waals surface area contributed by atoms with Crippen molar-refractivity contribution in [2.75, 3.05) is 6.61 Å². The number of nitrogens with two attached hydrogens (primary N) is 1. The zero-order valence-corrected chi connectivity index (χ0v) is 11.1. The van der Waals surface area contributed by atoms with Gasteiger partial charge in [0, 0.05) is 24.7 Å². The van der Waals surface area contributed by atoms with Crippen molar-refractivity contribution in [1.82, 2.24) is 9.78 Å². The van der Waals surface area contributed by atoms with E-state index in [1.807, 2.05) is 31.2 Å². The lowest BCUT2D eigenvalue weighted by molar-refractivity contribution is 0.341. The molecule has 0 aliphatic heterocycles. The molecule has 0 radical (unpaired) electrons. The molecule has 1 aromatic heterocycles. The molecule has 0 amide bonds. The van der Waals surface area contributed by atoms with Crippen LogP contribution in [0.1, 0.15) is 12.5 Å². The summed E-state index contributed by atoms with van der Waals surface area (Å²) in [7, 11) is 1.62. The van der Waals surface area contributed by atoms with Gasteiger partial charge in [0.1, 0.15) is 5.75 Å². The average Bonchev–Trinajstić information content (AvgIpc) is 2.43. The SMILES string of the molecule is CCOc1ccccc1-c1cc(CN)c(=O)n(C)n1. The van der Waals surface area contributed by atoms with Crippen LogP contribution in [0.4, 0.5) is 0 Å². The van der Waals surface area contributed by atoms with Crippen molar-refractivity contribution < 1.29 is 4.74 Å². The fourth-order valence-electron chi connectivity index (χ4n) is 1.91. The summed E-state index contributed by atoms with van der Waals surface area (Å²) in [6.45, 7) is 2.70. The van der Waals surface area contributed by atoms with Crippen molar-refractivity contribution in [3.63, 3.8) is 0 Å². The van der Waals surface area contributed by atoms with Gasteiger partial charge in [0.25, 0.3) is 5.56 Å². The van der Waals surface area contributed by atoms with Gasteiger partial charge in [-0.15, -0.1) is 0 Å². The first-order valence-electron chi connectivity index (χ1n) is 6.16. The fourth-order valence-corrected chi connectivity index (χ4v) is 1.91. The van der Waals surface area contributed by atoms with Crippen molar-refractivity contribution in [1.29, 1.82) is 0 Å². The van der Waals surface area contributed by atoms with Gasteiger partial charge in [-0.2, -0.15) is 5.10 Å². The van der Waals surface area contributed by atoms with Gasteiger partial charge in [0.15, 0.2) is 0 Å². The van der Waals surface area contributed by atoms with E-state index in [4.69, 9.17) is 10.5 Å². The number of benzene rings is 1. The van der Waals surface area contributed by atoms with Crippen LogP contribution in [0, 0.1) is 0 Å². The van der Waals surface area contributed by atoms with Crippen LogP contribution in [-0.4, -0.2) is 16.4 Å². The lowest BCUT2D eigenvalue weighted by atomic mass is 10.1. The summed E-state index contributed by atoms with van der Waals surface area (Å²) in [4.78, 5) is 11.8. The predicted octanol–water partition coefficient (Wildman–Crippen LogP) is 1.30. The number of para-hydroxylation sites is 1. The van der Waals surface area contributed by atoms with Crippen LogP contribution in [0.5, 0.6) is 5.75 Å². The summed E-state index contributed by atoms with van der Waals surface area (Å²) in [6.07, 6.45) is 0. The molecule has 5 heteroatoms. The van der Waals surface area contributed by atoms with E-state index in [1.54, 1.807) is 13.1 Å². The van der Waals surface area contributed by atoms with Crippen LogP contribution in [0.15, 0.2) is 35.1 Å². The Morgan fingerprint density at radius 3 is 2.79 bits per heavy atom. The molecule has 100 valence electrons. The Hall–Kier alpha value is -2.14. The Morgan fingerprint density at radius 1 is 1.37 bits per heavy atom. The molecule has 1 heterocycles. The first-order valence-corrected chi connectivity index (χ1v) is 6.16. The summed E-state index contributed by atoms with van der Waals surface area (Å²) in [5.74, 6) is 0.749. The zero-order valence-electron chi connectivity index (χ0n) is 11.1. The van der Waals surface area contributed by atoms with Crippen molar-refractivity contribution in [3.8, 4) is 17.0 Å². The van der Waals surface area contributed by atoms with Gasteiger partial charge in [-0.05, 0) is 25.1 Å². The fraction of sp³-hybridized carbons (Fsp3) is 0.286. The third kappa shape index (κ3) is 2.66.